The summed E-state index contributed by atoms with van der Waals surface area (Å²) < 4.78 is 10.7. The van der Waals surface area contributed by atoms with Crippen molar-refractivity contribution in [1.82, 2.24) is 0 Å². The SMILES string of the molecule is C=CC(=O)OC(C)CC1OCC1c1ccccc1. The van der Waals surface area contributed by atoms with Gasteiger partial charge in [0.25, 0.3) is 0 Å². The molecule has 0 radical (unpaired) electrons. The highest BCUT2D eigenvalue weighted by molar-refractivity contribution is 5.81. The fraction of sp³-hybridized carbons (Fsp3) is 0.400. The summed E-state index contributed by atoms with van der Waals surface area (Å²) in [6.07, 6.45) is 1.90. The van der Waals surface area contributed by atoms with E-state index in [1.807, 2.05) is 25.1 Å². The summed E-state index contributed by atoms with van der Waals surface area (Å²) in [6.45, 7) is 6.01. The van der Waals surface area contributed by atoms with E-state index in [1.54, 1.807) is 0 Å². The van der Waals surface area contributed by atoms with E-state index in [0.29, 0.717) is 5.92 Å². The Kier molecular flexibility index (Phi) is 4.15. The van der Waals surface area contributed by atoms with Crippen LogP contribution in [-0.4, -0.2) is 24.8 Å². The van der Waals surface area contributed by atoms with Crippen LogP contribution in [0.5, 0.6) is 0 Å². The van der Waals surface area contributed by atoms with Gasteiger partial charge < -0.3 is 9.47 Å². The molecule has 1 aliphatic heterocycles. The van der Waals surface area contributed by atoms with Gasteiger partial charge in [0, 0.05) is 18.4 Å². The molecule has 1 saturated heterocycles. The minimum Gasteiger partial charge on any atom is -0.459 e. The van der Waals surface area contributed by atoms with Crippen molar-refractivity contribution in [3.63, 3.8) is 0 Å². The first-order valence-corrected chi connectivity index (χ1v) is 6.20. The highest BCUT2D eigenvalue weighted by atomic mass is 16.5. The van der Waals surface area contributed by atoms with Crippen LogP contribution in [0.2, 0.25) is 0 Å². The van der Waals surface area contributed by atoms with Crippen molar-refractivity contribution in [3.05, 3.63) is 48.6 Å². The Hall–Kier alpha value is -1.61. The summed E-state index contributed by atoms with van der Waals surface area (Å²) in [5, 5.41) is 0. The lowest BCUT2D eigenvalue weighted by atomic mass is 9.87. The van der Waals surface area contributed by atoms with E-state index in [9.17, 15) is 4.79 Å². The van der Waals surface area contributed by atoms with Crippen molar-refractivity contribution in [3.8, 4) is 0 Å². The van der Waals surface area contributed by atoms with Crippen LogP contribution in [0.25, 0.3) is 0 Å². The number of carbonyl (C=O) groups is 1. The second-order valence-corrected chi connectivity index (χ2v) is 4.58. The van der Waals surface area contributed by atoms with E-state index in [0.717, 1.165) is 13.0 Å². The number of benzene rings is 1. The third-order valence-electron chi connectivity index (χ3n) is 3.21. The molecule has 2 rings (SSSR count). The van der Waals surface area contributed by atoms with Crippen LogP contribution in [0.3, 0.4) is 0 Å². The molecule has 18 heavy (non-hydrogen) atoms. The van der Waals surface area contributed by atoms with Gasteiger partial charge in [-0.3, -0.25) is 0 Å². The van der Waals surface area contributed by atoms with Gasteiger partial charge >= 0.3 is 5.97 Å². The minimum atomic E-state index is -0.377. The van der Waals surface area contributed by atoms with Gasteiger partial charge in [-0.2, -0.15) is 0 Å². The summed E-state index contributed by atoms with van der Waals surface area (Å²) in [6, 6.07) is 10.3. The Labute approximate surface area is 107 Å². The maximum Gasteiger partial charge on any atom is 0.330 e. The molecular weight excluding hydrogens is 228 g/mol. The summed E-state index contributed by atoms with van der Waals surface area (Å²) in [5.74, 6) is 0.0363. The molecule has 0 saturated carbocycles. The van der Waals surface area contributed by atoms with E-state index in [1.165, 1.54) is 11.6 Å². The molecule has 3 heteroatoms. The Bertz CT molecular complexity index is 413. The van der Waals surface area contributed by atoms with Crippen LogP contribution in [0, 0.1) is 0 Å². The molecular formula is C15H18O3. The fourth-order valence-electron chi connectivity index (χ4n) is 2.19. The van der Waals surface area contributed by atoms with Crippen molar-refractivity contribution in [1.29, 1.82) is 0 Å². The third-order valence-corrected chi connectivity index (χ3v) is 3.21. The molecule has 0 N–H and O–H groups in total. The average molecular weight is 246 g/mol. The minimum absolute atomic E-state index is 0.139. The molecule has 3 atom stereocenters. The normalized spacial score (nSPS) is 23.8. The maximum atomic E-state index is 11.1. The van der Waals surface area contributed by atoms with E-state index in [2.05, 4.69) is 18.7 Å². The molecule has 1 aromatic carbocycles. The number of carbonyl (C=O) groups excluding carboxylic acids is 1. The third kappa shape index (κ3) is 2.99. The lowest BCUT2D eigenvalue weighted by Gasteiger charge is -2.38. The van der Waals surface area contributed by atoms with Crippen LogP contribution in [-0.2, 0) is 14.3 Å². The largest absolute Gasteiger partial charge is 0.459 e. The Morgan fingerprint density at radius 2 is 2.28 bits per heavy atom. The van der Waals surface area contributed by atoms with E-state index in [4.69, 9.17) is 9.47 Å². The first-order valence-electron chi connectivity index (χ1n) is 6.20. The summed E-state index contributed by atoms with van der Waals surface area (Å²) in [7, 11) is 0. The van der Waals surface area contributed by atoms with Crippen LogP contribution in [0.4, 0.5) is 0 Å². The fourth-order valence-corrected chi connectivity index (χ4v) is 2.19. The van der Waals surface area contributed by atoms with Crippen LogP contribution in [0.15, 0.2) is 43.0 Å². The molecule has 1 fully saturated rings. The Balaban J connectivity index is 1.87. The number of hydrogen-bond acceptors (Lipinski definition) is 3. The monoisotopic (exact) mass is 246 g/mol. The lowest BCUT2D eigenvalue weighted by molar-refractivity contribution is -0.148. The highest BCUT2D eigenvalue weighted by Crippen LogP contribution is 2.34. The predicted molar refractivity (Wildman–Crippen MR) is 69.3 cm³/mol. The van der Waals surface area contributed by atoms with Gasteiger partial charge in [-0.1, -0.05) is 36.9 Å². The first-order chi connectivity index (χ1) is 8.70. The van der Waals surface area contributed by atoms with Gasteiger partial charge in [-0.05, 0) is 12.5 Å². The van der Waals surface area contributed by atoms with Crippen molar-refractivity contribution in [2.24, 2.45) is 0 Å². The highest BCUT2D eigenvalue weighted by Gasteiger charge is 2.34. The first kappa shape index (κ1) is 12.8. The molecule has 3 nitrogen and oxygen atoms in total. The zero-order valence-corrected chi connectivity index (χ0v) is 10.5. The van der Waals surface area contributed by atoms with Crippen molar-refractivity contribution in [2.75, 3.05) is 6.61 Å². The molecule has 0 bridgehead atoms. The number of esters is 1. The van der Waals surface area contributed by atoms with E-state index >= 15 is 0 Å². The molecule has 0 aliphatic carbocycles. The summed E-state index contributed by atoms with van der Waals surface area (Å²) in [5.41, 5.74) is 1.29. The molecule has 0 spiro atoms. The van der Waals surface area contributed by atoms with Crippen LogP contribution < -0.4 is 0 Å². The average Bonchev–Trinajstić information content (AvgIpc) is 2.36. The number of rotatable bonds is 5. The standard InChI is InChI=1S/C15H18O3/c1-3-15(16)18-11(2)9-14-13(10-17-14)12-7-5-4-6-8-12/h3-8,11,13-14H,1,9-10H2,2H3. The lowest BCUT2D eigenvalue weighted by Crippen LogP contribution is -2.40. The van der Waals surface area contributed by atoms with E-state index < -0.39 is 0 Å². The molecule has 0 amide bonds. The quantitative estimate of drug-likeness (QED) is 0.592. The molecule has 96 valence electrons. The van der Waals surface area contributed by atoms with Gasteiger partial charge in [-0.25, -0.2) is 4.79 Å². The van der Waals surface area contributed by atoms with Gasteiger partial charge in [0.05, 0.1) is 12.7 Å². The zero-order valence-electron chi connectivity index (χ0n) is 10.5. The van der Waals surface area contributed by atoms with Crippen LogP contribution in [0.1, 0.15) is 24.8 Å². The smallest absolute Gasteiger partial charge is 0.330 e. The van der Waals surface area contributed by atoms with Gasteiger partial charge in [-0.15, -0.1) is 0 Å². The summed E-state index contributed by atoms with van der Waals surface area (Å²) >= 11 is 0. The second kappa shape index (κ2) is 5.83. The second-order valence-electron chi connectivity index (χ2n) is 4.58. The Morgan fingerprint density at radius 1 is 1.56 bits per heavy atom. The molecule has 0 aromatic heterocycles. The molecule has 1 aliphatic rings. The van der Waals surface area contributed by atoms with E-state index in [-0.39, 0.29) is 18.2 Å². The molecule has 3 unspecified atom stereocenters. The van der Waals surface area contributed by atoms with Gasteiger partial charge in [0.1, 0.15) is 6.10 Å². The van der Waals surface area contributed by atoms with Gasteiger partial charge in [0.15, 0.2) is 0 Å². The van der Waals surface area contributed by atoms with Crippen LogP contribution >= 0.6 is 0 Å². The van der Waals surface area contributed by atoms with Crippen molar-refractivity contribution < 1.29 is 14.3 Å². The maximum absolute atomic E-state index is 11.1. The number of hydrogen-bond donors (Lipinski definition) is 0. The number of ether oxygens (including phenoxy) is 2. The predicted octanol–water partition coefficient (Wildman–Crippen LogP) is 2.68. The zero-order chi connectivity index (χ0) is 13.0. The topological polar surface area (TPSA) is 35.5 Å². The molecule has 1 aromatic rings. The van der Waals surface area contributed by atoms with Gasteiger partial charge in [0.2, 0.25) is 0 Å². The summed E-state index contributed by atoms with van der Waals surface area (Å²) in [4.78, 5) is 11.1. The molecule has 1 heterocycles. The Morgan fingerprint density at radius 3 is 2.83 bits per heavy atom. The van der Waals surface area contributed by atoms with Crippen molar-refractivity contribution >= 4 is 5.97 Å². The van der Waals surface area contributed by atoms with Crippen molar-refractivity contribution in [2.45, 2.75) is 31.5 Å².